The maximum absolute atomic E-state index is 12.2. The average molecular weight is 354 g/mol. The number of rotatable bonds is 9. The monoisotopic (exact) mass is 354 g/mol. The molecule has 1 aromatic heterocycles. The van der Waals surface area contributed by atoms with Gasteiger partial charge in [-0.15, -0.1) is 10.2 Å². The maximum Gasteiger partial charge on any atom is 0.328 e. The molecule has 0 spiro atoms. The molecule has 1 aliphatic rings. The molecule has 0 saturated heterocycles. The van der Waals surface area contributed by atoms with Crippen molar-refractivity contribution in [3.05, 3.63) is 5.82 Å². The molecule has 7 nitrogen and oxygen atoms in total. The number of aromatic nitrogens is 3. The number of carbonyl (C=O) groups is 2. The van der Waals surface area contributed by atoms with Gasteiger partial charge in [0.1, 0.15) is 11.9 Å². The van der Waals surface area contributed by atoms with Crippen LogP contribution in [0.25, 0.3) is 0 Å². The zero-order chi connectivity index (χ0) is 17.7. The van der Waals surface area contributed by atoms with E-state index in [1.807, 2.05) is 13.8 Å². The van der Waals surface area contributed by atoms with Crippen LogP contribution in [0.4, 0.5) is 0 Å². The van der Waals surface area contributed by atoms with Gasteiger partial charge in [-0.1, -0.05) is 32.0 Å². The van der Waals surface area contributed by atoms with Crippen molar-refractivity contribution in [1.82, 2.24) is 20.1 Å². The Morgan fingerprint density at radius 1 is 1.38 bits per heavy atom. The van der Waals surface area contributed by atoms with Gasteiger partial charge in [-0.05, 0) is 25.7 Å². The molecule has 1 amide bonds. The van der Waals surface area contributed by atoms with Crippen LogP contribution in [0.3, 0.4) is 0 Å². The third-order valence-corrected chi connectivity index (χ3v) is 5.29. The summed E-state index contributed by atoms with van der Waals surface area (Å²) in [4.78, 5) is 24.1. The molecule has 1 fully saturated rings. The molecule has 1 N–H and O–H groups in total. The maximum atomic E-state index is 12.2. The van der Waals surface area contributed by atoms with Crippen LogP contribution in [-0.4, -0.2) is 45.5 Å². The zero-order valence-electron chi connectivity index (χ0n) is 14.7. The third-order valence-electron chi connectivity index (χ3n) is 4.32. The van der Waals surface area contributed by atoms with Crippen molar-refractivity contribution < 1.29 is 14.3 Å². The lowest BCUT2D eigenvalue weighted by atomic mass is 9.99. The number of nitrogens with zero attached hydrogens (tertiary/aromatic N) is 3. The second-order valence-electron chi connectivity index (χ2n) is 6.10. The summed E-state index contributed by atoms with van der Waals surface area (Å²) in [5.41, 5.74) is 0. The van der Waals surface area contributed by atoms with Gasteiger partial charge in [-0.25, -0.2) is 4.79 Å². The van der Waals surface area contributed by atoms with E-state index < -0.39 is 12.0 Å². The standard InChI is InChI=1S/C16H26N4O3S/c1-5-10(3)13(15(22)23-4)17-12(21)9-24-16-19-18-14(11-7-8-11)20(16)6-2/h10-11,13H,5-9H2,1-4H3,(H,17,21)/t10-,13+/m1/s1. The minimum atomic E-state index is -0.612. The lowest BCUT2D eigenvalue weighted by Gasteiger charge is -2.21. The first kappa shape index (κ1) is 18.8. The Bertz CT molecular complexity index is 586. The fraction of sp³-hybridized carbons (Fsp3) is 0.750. The number of methoxy groups -OCH3 is 1. The molecule has 1 aliphatic carbocycles. The van der Waals surface area contributed by atoms with E-state index in [9.17, 15) is 9.59 Å². The van der Waals surface area contributed by atoms with Crippen molar-refractivity contribution in [3.8, 4) is 0 Å². The molecule has 24 heavy (non-hydrogen) atoms. The van der Waals surface area contributed by atoms with Crippen molar-refractivity contribution in [2.75, 3.05) is 12.9 Å². The summed E-state index contributed by atoms with van der Waals surface area (Å²) in [5, 5.41) is 12.0. The van der Waals surface area contributed by atoms with Crippen LogP contribution in [0.5, 0.6) is 0 Å². The Balaban J connectivity index is 1.93. The highest BCUT2D eigenvalue weighted by atomic mass is 32.2. The highest BCUT2D eigenvalue weighted by molar-refractivity contribution is 7.99. The van der Waals surface area contributed by atoms with Crippen LogP contribution in [0.1, 0.15) is 51.8 Å². The van der Waals surface area contributed by atoms with Crippen molar-refractivity contribution in [3.63, 3.8) is 0 Å². The molecular formula is C16H26N4O3S. The predicted molar refractivity (Wildman–Crippen MR) is 91.8 cm³/mol. The molecule has 2 atom stereocenters. The van der Waals surface area contributed by atoms with Crippen molar-refractivity contribution >= 4 is 23.6 Å². The Morgan fingerprint density at radius 2 is 2.08 bits per heavy atom. The van der Waals surface area contributed by atoms with Gasteiger partial charge in [-0.2, -0.15) is 0 Å². The van der Waals surface area contributed by atoms with Crippen LogP contribution >= 0.6 is 11.8 Å². The van der Waals surface area contributed by atoms with Gasteiger partial charge in [0, 0.05) is 12.5 Å². The lowest BCUT2D eigenvalue weighted by molar-refractivity contribution is -0.146. The minimum absolute atomic E-state index is 0.0205. The average Bonchev–Trinajstić information content (AvgIpc) is 3.36. The fourth-order valence-corrected chi connectivity index (χ4v) is 3.31. The molecule has 0 aromatic carbocycles. The number of hydrogen-bond acceptors (Lipinski definition) is 6. The molecule has 2 rings (SSSR count). The third kappa shape index (κ3) is 4.49. The predicted octanol–water partition coefficient (Wildman–Crippen LogP) is 1.97. The molecule has 8 heteroatoms. The molecule has 0 radical (unpaired) electrons. The highest BCUT2D eigenvalue weighted by Crippen LogP contribution is 2.39. The Hall–Kier alpha value is -1.57. The number of esters is 1. The molecule has 0 unspecified atom stereocenters. The summed E-state index contributed by atoms with van der Waals surface area (Å²) in [7, 11) is 1.34. The summed E-state index contributed by atoms with van der Waals surface area (Å²) in [5.74, 6) is 1.16. The van der Waals surface area contributed by atoms with E-state index in [4.69, 9.17) is 4.74 Å². The first-order chi connectivity index (χ1) is 11.5. The summed E-state index contributed by atoms with van der Waals surface area (Å²) in [6.45, 7) is 6.74. The second-order valence-corrected chi connectivity index (χ2v) is 7.04. The number of hydrogen-bond donors (Lipinski definition) is 1. The molecule has 1 heterocycles. The number of nitrogens with one attached hydrogen (secondary N) is 1. The summed E-state index contributed by atoms with van der Waals surface area (Å²) < 4.78 is 6.86. The van der Waals surface area contributed by atoms with Gasteiger partial charge in [0.15, 0.2) is 5.16 Å². The van der Waals surface area contributed by atoms with Crippen molar-refractivity contribution in [1.29, 1.82) is 0 Å². The number of carbonyl (C=O) groups excluding carboxylic acids is 2. The van der Waals surface area contributed by atoms with E-state index in [0.29, 0.717) is 5.92 Å². The molecule has 0 bridgehead atoms. The largest absolute Gasteiger partial charge is 0.467 e. The fourth-order valence-electron chi connectivity index (χ4n) is 2.49. The van der Waals surface area contributed by atoms with E-state index in [1.54, 1.807) is 0 Å². The van der Waals surface area contributed by atoms with Crippen molar-refractivity contribution in [2.24, 2.45) is 5.92 Å². The Labute approximate surface area is 146 Å². The molecule has 1 saturated carbocycles. The first-order valence-electron chi connectivity index (χ1n) is 8.44. The van der Waals surface area contributed by atoms with Gasteiger partial charge in [-0.3, -0.25) is 4.79 Å². The van der Waals surface area contributed by atoms with E-state index in [1.165, 1.54) is 31.7 Å². The van der Waals surface area contributed by atoms with Crippen LogP contribution in [0, 0.1) is 5.92 Å². The zero-order valence-corrected chi connectivity index (χ0v) is 15.6. The second kappa shape index (κ2) is 8.50. The normalized spacial score (nSPS) is 16.5. The first-order valence-corrected chi connectivity index (χ1v) is 9.43. The SMILES string of the molecule is CC[C@@H](C)[C@H](NC(=O)CSc1nnc(C2CC2)n1CC)C(=O)OC. The summed E-state index contributed by atoms with van der Waals surface area (Å²) in [6.07, 6.45) is 3.11. The number of ether oxygens (including phenoxy) is 1. The van der Waals surface area contributed by atoms with Gasteiger partial charge in [0.2, 0.25) is 5.91 Å². The summed E-state index contributed by atoms with van der Waals surface area (Å²) in [6, 6.07) is -0.612. The Morgan fingerprint density at radius 3 is 2.62 bits per heavy atom. The smallest absolute Gasteiger partial charge is 0.328 e. The van der Waals surface area contributed by atoms with Gasteiger partial charge < -0.3 is 14.6 Å². The lowest BCUT2D eigenvalue weighted by Crippen LogP contribution is -2.46. The molecule has 0 aliphatic heterocycles. The minimum Gasteiger partial charge on any atom is -0.467 e. The van der Waals surface area contributed by atoms with E-state index >= 15 is 0 Å². The van der Waals surface area contributed by atoms with Crippen LogP contribution in [0.15, 0.2) is 5.16 Å². The van der Waals surface area contributed by atoms with E-state index in [2.05, 4.69) is 27.0 Å². The highest BCUT2D eigenvalue weighted by Gasteiger charge is 2.30. The van der Waals surface area contributed by atoms with Crippen LogP contribution in [-0.2, 0) is 20.9 Å². The van der Waals surface area contributed by atoms with E-state index in [0.717, 1.165) is 23.9 Å². The quantitative estimate of drug-likeness (QED) is 0.539. The van der Waals surface area contributed by atoms with Crippen LogP contribution < -0.4 is 5.32 Å². The Kier molecular flexibility index (Phi) is 6.65. The van der Waals surface area contributed by atoms with Gasteiger partial charge in [0.05, 0.1) is 12.9 Å². The topological polar surface area (TPSA) is 86.1 Å². The summed E-state index contributed by atoms with van der Waals surface area (Å²) >= 11 is 1.35. The number of thioether (sulfide) groups is 1. The molecule has 134 valence electrons. The van der Waals surface area contributed by atoms with Crippen molar-refractivity contribution in [2.45, 2.75) is 63.7 Å². The van der Waals surface area contributed by atoms with Crippen LogP contribution in [0.2, 0.25) is 0 Å². The number of amides is 1. The van der Waals surface area contributed by atoms with Gasteiger partial charge in [0.25, 0.3) is 0 Å². The van der Waals surface area contributed by atoms with E-state index in [-0.39, 0.29) is 17.6 Å². The molecular weight excluding hydrogens is 328 g/mol. The molecule has 1 aromatic rings. The van der Waals surface area contributed by atoms with Gasteiger partial charge >= 0.3 is 5.97 Å².